The molecule has 2 aliphatic heterocycles. The number of carbonyl (C=O) groups excluding carboxylic acids is 1. The Morgan fingerprint density at radius 1 is 0.973 bits per heavy atom. The van der Waals surface area contributed by atoms with Crippen LogP contribution in [-0.2, 0) is 0 Å². The highest BCUT2D eigenvalue weighted by molar-refractivity contribution is 7.08. The Labute approximate surface area is 223 Å². The molecule has 0 radical (unpaired) electrons. The van der Waals surface area contributed by atoms with Gasteiger partial charge in [0.2, 0.25) is 0 Å². The van der Waals surface area contributed by atoms with Crippen LogP contribution < -0.4 is 4.90 Å². The maximum Gasteiger partial charge on any atom is 0.186 e. The van der Waals surface area contributed by atoms with Gasteiger partial charge >= 0.3 is 0 Å². The molecule has 3 aromatic rings. The highest BCUT2D eigenvalue weighted by Gasteiger charge is 2.63. The van der Waals surface area contributed by atoms with Crippen LogP contribution >= 0.6 is 11.3 Å². The van der Waals surface area contributed by atoms with Crippen molar-refractivity contribution in [1.82, 2.24) is 4.90 Å². The minimum Gasteiger partial charge on any atom is -0.351 e. The van der Waals surface area contributed by atoms with E-state index in [1.807, 2.05) is 88.5 Å². The number of Topliss-reactive ketones (excluding diaryl/α,β-unsaturated/α-hetero) is 1. The molecular formula is C31H32N4OS. The van der Waals surface area contributed by atoms with E-state index < -0.39 is 23.4 Å². The molecule has 1 saturated heterocycles. The average molecular weight is 509 g/mol. The summed E-state index contributed by atoms with van der Waals surface area (Å²) in [5, 5.41) is 24.4. The fourth-order valence-electron chi connectivity index (χ4n) is 5.51. The fraction of sp³-hybridized carbons (Fsp3) is 0.323. The Hall–Kier alpha value is -3.71. The molecule has 6 heteroatoms. The number of hydrogen-bond acceptors (Lipinski definition) is 6. The van der Waals surface area contributed by atoms with Crippen LogP contribution in [0.3, 0.4) is 0 Å². The summed E-state index contributed by atoms with van der Waals surface area (Å²) in [6.45, 7) is 10.1. The molecular weight excluding hydrogens is 476 g/mol. The molecule has 188 valence electrons. The van der Waals surface area contributed by atoms with Crippen molar-refractivity contribution in [2.45, 2.75) is 38.8 Å². The number of anilines is 1. The minimum atomic E-state index is -1.39. The van der Waals surface area contributed by atoms with Crippen LogP contribution in [0.1, 0.15) is 48.2 Å². The fourth-order valence-corrected chi connectivity index (χ4v) is 6.16. The second-order valence-corrected chi connectivity index (χ2v) is 9.97. The molecule has 3 atom stereocenters. The quantitative estimate of drug-likeness (QED) is 0.361. The molecule has 2 aromatic carbocycles. The third-order valence-corrected chi connectivity index (χ3v) is 8.17. The molecule has 0 N–H and O–H groups in total. The number of hydrogen-bond donors (Lipinski definition) is 0. The summed E-state index contributed by atoms with van der Waals surface area (Å²) in [6.07, 6.45) is 3.87. The van der Waals surface area contributed by atoms with Crippen molar-refractivity contribution in [2.24, 2.45) is 5.41 Å². The van der Waals surface area contributed by atoms with Gasteiger partial charge in [-0.15, -0.1) is 0 Å². The molecule has 0 saturated carbocycles. The lowest BCUT2D eigenvalue weighted by molar-refractivity contribution is 0.0951. The SMILES string of the molecule is CCN(CC)CC.N#CC1(C#N)C(c2ccccc2)C(C(=O)c2ccsc2)N2c3ccccc3C=CC21. The van der Waals surface area contributed by atoms with E-state index in [1.165, 1.54) is 31.0 Å². The molecule has 0 amide bonds. The molecule has 0 spiro atoms. The number of nitrogens with zero attached hydrogens (tertiary/aromatic N) is 4. The summed E-state index contributed by atoms with van der Waals surface area (Å²) in [5.74, 6) is -0.644. The van der Waals surface area contributed by atoms with Crippen molar-refractivity contribution in [2.75, 3.05) is 24.5 Å². The molecule has 2 aliphatic rings. The van der Waals surface area contributed by atoms with Crippen molar-refractivity contribution < 1.29 is 4.79 Å². The van der Waals surface area contributed by atoms with E-state index in [-0.39, 0.29) is 5.78 Å². The first kappa shape index (κ1) is 26.4. The molecule has 0 aliphatic carbocycles. The largest absolute Gasteiger partial charge is 0.351 e. The second kappa shape index (κ2) is 11.6. The molecule has 37 heavy (non-hydrogen) atoms. The number of para-hydroxylation sites is 1. The Balaban J connectivity index is 0.000000405. The standard InChI is InChI=1S/C25H17N3OS.C6H15N/c26-15-25(16-27)21-11-10-17-6-4-5-9-20(17)28(21)23(24(29)19-12-13-30-14-19)22(25)18-7-2-1-3-8-18;1-4-7(5-2)6-3/h1-14,21-23H;4-6H2,1-3H3. The van der Waals surface area contributed by atoms with E-state index in [0.717, 1.165) is 16.8 Å². The molecule has 1 fully saturated rings. The van der Waals surface area contributed by atoms with Gasteiger partial charge in [-0.25, -0.2) is 0 Å². The van der Waals surface area contributed by atoms with E-state index in [2.05, 4.69) is 37.8 Å². The summed E-state index contributed by atoms with van der Waals surface area (Å²) >= 11 is 1.47. The summed E-state index contributed by atoms with van der Waals surface area (Å²) in [4.78, 5) is 18.2. The van der Waals surface area contributed by atoms with E-state index in [9.17, 15) is 15.3 Å². The average Bonchev–Trinajstić information content (AvgIpc) is 3.60. The predicted molar refractivity (Wildman–Crippen MR) is 150 cm³/mol. The summed E-state index contributed by atoms with van der Waals surface area (Å²) in [6, 6.07) is 22.7. The normalized spacial score (nSPS) is 20.7. The first-order valence-corrected chi connectivity index (χ1v) is 13.7. The van der Waals surface area contributed by atoms with E-state index in [0.29, 0.717) is 5.56 Å². The first-order valence-electron chi connectivity index (χ1n) is 12.8. The van der Waals surface area contributed by atoms with Crippen molar-refractivity contribution in [1.29, 1.82) is 10.5 Å². The first-order chi connectivity index (χ1) is 18.1. The highest BCUT2D eigenvalue weighted by atomic mass is 32.1. The Kier molecular flexibility index (Phi) is 8.24. The number of thiophene rings is 1. The lowest BCUT2D eigenvalue weighted by Crippen LogP contribution is -2.44. The van der Waals surface area contributed by atoms with Gasteiger partial charge in [-0.3, -0.25) is 4.79 Å². The highest BCUT2D eigenvalue weighted by Crippen LogP contribution is 2.55. The van der Waals surface area contributed by atoms with Gasteiger partial charge in [0.25, 0.3) is 0 Å². The van der Waals surface area contributed by atoms with Crippen molar-refractivity contribution in [3.63, 3.8) is 0 Å². The summed E-state index contributed by atoms with van der Waals surface area (Å²) in [5.41, 5.74) is 1.92. The molecule has 3 unspecified atom stereocenters. The third kappa shape index (κ3) is 4.71. The second-order valence-electron chi connectivity index (χ2n) is 9.19. The maximum atomic E-state index is 13.8. The zero-order valence-corrected chi connectivity index (χ0v) is 22.4. The van der Waals surface area contributed by atoms with Crippen LogP contribution in [0.4, 0.5) is 5.69 Å². The number of ketones is 1. The van der Waals surface area contributed by atoms with Crippen molar-refractivity contribution in [3.05, 3.63) is 94.2 Å². The Bertz CT molecular complexity index is 1300. The van der Waals surface area contributed by atoms with Gasteiger partial charge in [0.1, 0.15) is 6.04 Å². The number of nitriles is 2. The van der Waals surface area contributed by atoms with Crippen LogP contribution in [0.2, 0.25) is 0 Å². The van der Waals surface area contributed by atoms with Gasteiger partial charge in [0.15, 0.2) is 11.2 Å². The Morgan fingerprint density at radius 3 is 2.19 bits per heavy atom. The smallest absolute Gasteiger partial charge is 0.186 e. The molecule has 1 aromatic heterocycles. The molecule has 5 nitrogen and oxygen atoms in total. The lowest BCUT2D eigenvalue weighted by atomic mass is 9.69. The van der Waals surface area contributed by atoms with Crippen molar-refractivity contribution in [3.8, 4) is 12.1 Å². The minimum absolute atomic E-state index is 0.0624. The monoisotopic (exact) mass is 508 g/mol. The van der Waals surface area contributed by atoms with Crippen LogP contribution in [0.15, 0.2) is 77.5 Å². The number of fused-ring (bicyclic) bond motifs is 3. The van der Waals surface area contributed by atoms with E-state index >= 15 is 0 Å². The van der Waals surface area contributed by atoms with Gasteiger partial charge in [-0.2, -0.15) is 21.9 Å². The van der Waals surface area contributed by atoms with Crippen molar-refractivity contribution >= 4 is 28.9 Å². The Morgan fingerprint density at radius 2 is 1.62 bits per heavy atom. The van der Waals surface area contributed by atoms with Gasteiger partial charge in [-0.1, -0.05) is 81.5 Å². The predicted octanol–water partition coefficient (Wildman–Crippen LogP) is 6.38. The topological polar surface area (TPSA) is 71.1 Å². The number of rotatable bonds is 6. The van der Waals surface area contributed by atoms with Crippen LogP contribution in [-0.4, -0.2) is 42.4 Å². The van der Waals surface area contributed by atoms with Crippen LogP contribution in [0, 0.1) is 28.1 Å². The van der Waals surface area contributed by atoms with E-state index in [4.69, 9.17) is 0 Å². The maximum absolute atomic E-state index is 13.8. The van der Waals surface area contributed by atoms with Gasteiger partial charge in [0.05, 0.1) is 18.2 Å². The molecule has 0 bridgehead atoms. The van der Waals surface area contributed by atoms with Gasteiger partial charge in [0, 0.05) is 22.5 Å². The summed E-state index contributed by atoms with van der Waals surface area (Å²) in [7, 11) is 0. The zero-order valence-electron chi connectivity index (χ0n) is 21.5. The van der Waals surface area contributed by atoms with Crippen LogP contribution in [0.5, 0.6) is 0 Å². The third-order valence-electron chi connectivity index (χ3n) is 7.49. The number of benzene rings is 2. The van der Waals surface area contributed by atoms with Gasteiger partial charge < -0.3 is 9.80 Å². The molecule has 3 heterocycles. The van der Waals surface area contributed by atoms with Gasteiger partial charge in [-0.05, 0) is 48.3 Å². The molecule has 5 rings (SSSR count). The lowest BCUT2D eigenvalue weighted by Gasteiger charge is -2.35. The van der Waals surface area contributed by atoms with E-state index in [1.54, 1.807) is 0 Å². The number of carbonyl (C=O) groups is 1. The summed E-state index contributed by atoms with van der Waals surface area (Å²) < 4.78 is 0. The zero-order chi connectivity index (χ0) is 26.4. The van der Waals surface area contributed by atoms with Crippen LogP contribution in [0.25, 0.3) is 6.08 Å².